The molecule has 0 spiro atoms. The van der Waals surface area contributed by atoms with E-state index in [4.69, 9.17) is 0 Å². The summed E-state index contributed by atoms with van der Waals surface area (Å²) in [5.41, 5.74) is 0. The van der Waals surface area contributed by atoms with E-state index in [0.29, 0.717) is 11.8 Å². The van der Waals surface area contributed by atoms with E-state index in [0.717, 1.165) is 24.2 Å². The van der Waals surface area contributed by atoms with E-state index in [1.165, 1.54) is 109 Å². The van der Waals surface area contributed by atoms with Gasteiger partial charge in [0.05, 0.1) is 0 Å². The van der Waals surface area contributed by atoms with Gasteiger partial charge < -0.3 is 4.79 Å². The summed E-state index contributed by atoms with van der Waals surface area (Å²) in [6.07, 6.45) is 25.0. The minimum absolute atomic E-state index is 0.388. The van der Waals surface area contributed by atoms with Crippen molar-refractivity contribution in [2.75, 3.05) is 0 Å². The number of carbonyl (C=O) groups excluding carboxylic acids is 1. The van der Waals surface area contributed by atoms with E-state index in [2.05, 4.69) is 13.8 Å². The molecule has 5 unspecified atom stereocenters. The van der Waals surface area contributed by atoms with E-state index in [9.17, 15) is 4.79 Å². The molecule has 0 aromatic heterocycles. The van der Waals surface area contributed by atoms with E-state index >= 15 is 0 Å². The summed E-state index contributed by atoms with van der Waals surface area (Å²) >= 11 is 0. The Morgan fingerprint density at radius 1 is 0.692 bits per heavy atom. The molecule has 2 saturated carbocycles. The normalized spacial score (nSPS) is 32.5. The zero-order valence-corrected chi connectivity index (χ0v) is 17.9. The Labute approximate surface area is 164 Å². The molecule has 2 aliphatic rings. The third-order valence-corrected chi connectivity index (χ3v) is 7.65. The predicted octanol–water partition coefficient (Wildman–Crippen LogP) is 7.97. The molecule has 0 N–H and O–H groups in total. The smallest absolute Gasteiger partial charge is 0.123 e. The number of carbonyl (C=O) groups is 1. The monoisotopic (exact) mass is 362 g/mol. The van der Waals surface area contributed by atoms with Crippen molar-refractivity contribution >= 4 is 6.29 Å². The molecule has 2 fully saturated rings. The second-order valence-electron chi connectivity index (χ2n) is 9.91. The van der Waals surface area contributed by atoms with Crippen LogP contribution in [0.4, 0.5) is 0 Å². The minimum atomic E-state index is 0.388. The van der Waals surface area contributed by atoms with Crippen molar-refractivity contribution in [3.63, 3.8) is 0 Å². The van der Waals surface area contributed by atoms with Crippen molar-refractivity contribution in [2.24, 2.45) is 29.6 Å². The molecule has 0 saturated heterocycles. The molecule has 1 nitrogen and oxygen atoms in total. The minimum Gasteiger partial charge on any atom is -0.303 e. The van der Waals surface area contributed by atoms with E-state index in [1.807, 2.05) is 0 Å². The highest BCUT2D eigenvalue weighted by Crippen LogP contribution is 2.36. The zero-order valence-electron chi connectivity index (χ0n) is 17.9. The standard InChI is InChI=1S/C25H46O/c1-21-17-18-23(22(2)19-21)13-9-7-5-3-4-6-8-10-14-24-15-11-12-16-25(24)20-26/h20-25H,3-19H2,1-2H3. The van der Waals surface area contributed by atoms with Crippen molar-refractivity contribution in [3.8, 4) is 0 Å². The molecule has 2 aliphatic carbocycles. The highest BCUT2D eigenvalue weighted by Gasteiger charge is 2.25. The summed E-state index contributed by atoms with van der Waals surface area (Å²) in [7, 11) is 0. The summed E-state index contributed by atoms with van der Waals surface area (Å²) in [5.74, 6) is 4.08. The first-order valence-corrected chi connectivity index (χ1v) is 12.2. The van der Waals surface area contributed by atoms with Gasteiger partial charge in [0, 0.05) is 5.92 Å². The lowest BCUT2D eigenvalue weighted by atomic mass is 9.73. The van der Waals surface area contributed by atoms with Gasteiger partial charge in [-0.3, -0.25) is 0 Å². The van der Waals surface area contributed by atoms with Crippen LogP contribution < -0.4 is 0 Å². The molecular weight excluding hydrogens is 316 g/mol. The largest absolute Gasteiger partial charge is 0.303 e. The number of rotatable bonds is 12. The van der Waals surface area contributed by atoms with Crippen LogP contribution >= 0.6 is 0 Å². The van der Waals surface area contributed by atoms with Crippen molar-refractivity contribution < 1.29 is 4.79 Å². The van der Waals surface area contributed by atoms with Gasteiger partial charge >= 0.3 is 0 Å². The molecule has 26 heavy (non-hydrogen) atoms. The number of aldehydes is 1. The quantitative estimate of drug-likeness (QED) is 0.254. The Kier molecular flexibility index (Phi) is 10.9. The third-order valence-electron chi connectivity index (χ3n) is 7.65. The summed E-state index contributed by atoms with van der Waals surface area (Å²) < 4.78 is 0. The Bertz CT molecular complexity index is 363. The Balaban J connectivity index is 1.37. The molecule has 0 amide bonds. The van der Waals surface area contributed by atoms with E-state index in [1.54, 1.807) is 0 Å². The lowest BCUT2D eigenvalue weighted by molar-refractivity contribution is -0.113. The van der Waals surface area contributed by atoms with Crippen molar-refractivity contribution in [2.45, 2.75) is 123 Å². The van der Waals surface area contributed by atoms with Crippen LogP contribution in [0.3, 0.4) is 0 Å². The van der Waals surface area contributed by atoms with Crippen LogP contribution in [-0.2, 0) is 4.79 Å². The van der Waals surface area contributed by atoms with Crippen molar-refractivity contribution in [3.05, 3.63) is 0 Å². The van der Waals surface area contributed by atoms with Crippen LogP contribution in [0.2, 0.25) is 0 Å². The van der Waals surface area contributed by atoms with Crippen LogP contribution in [0.15, 0.2) is 0 Å². The number of hydrogen-bond acceptors (Lipinski definition) is 1. The summed E-state index contributed by atoms with van der Waals surface area (Å²) in [6, 6.07) is 0. The second kappa shape index (κ2) is 12.9. The van der Waals surface area contributed by atoms with Crippen LogP contribution in [-0.4, -0.2) is 6.29 Å². The van der Waals surface area contributed by atoms with Gasteiger partial charge in [-0.2, -0.15) is 0 Å². The number of hydrogen-bond donors (Lipinski definition) is 0. The molecule has 0 aromatic carbocycles. The lowest BCUT2D eigenvalue weighted by Crippen LogP contribution is -2.21. The van der Waals surface area contributed by atoms with Crippen molar-refractivity contribution in [1.29, 1.82) is 0 Å². The highest BCUT2D eigenvalue weighted by atomic mass is 16.1. The highest BCUT2D eigenvalue weighted by molar-refractivity contribution is 5.54. The lowest BCUT2D eigenvalue weighted by Gasteiger charge is -2.32. The van der Waals surface area contributed by atoms with E-state index < -0.39 is 0 Å². The van der Waals surface area contributed by atoms with Gasteiger partial charge in [0.2, 0.25) is 0 Å². The van der Waals surface area contributed by atoms with Crippen LogP contribution in [0.1, 0.15) is 123 Å². The first-order valence-electron chi connectivity index (χ1n) is 12.2. The SMILES string of the molecule is CC1CCC(CCCCCCCCCCC2CCCCC2C=O)C(C)C1. The van der Waals surface area contributed by atoms with Crippen LogP contribution in [0.25, 0.3) is 0 Å². The third kappa shape index (κ3) is 8.13. The van der Waals surface area contributed by atoms with Crippen molar-refractivity contribution in [1.82, 2.24) is 0 Å². The topological polar surface area (TPSA) is 17.1 Å². The molecule has 5 atom stereocenters. The average molecular weight is 363 g/mol. The maximum Gasteiger partial charge on any atom is 0.123 e. The van der Waals surface area contributed by atoms with Gasteiger partial charge in [-0.25, -0.2) is 0 Å². The molecule has 2 rings (SSSR count). The molecule has 0 bridgehead atoms. The first-order chi connectivity index (χ1) is 12.7. The van der Waals surface area contributed by atoms with Gasteiger partial charge in [0.1, 0.15) is 6.29 Å². The first kappa shape index (κ1) is 22.0. The Morgan fingerprint density at radius 3 is 1.88 bits per heavy atom. The van der Waals surface area contributed by atoms with Gasteiger partial charge in [-0.05, 0) is 55.8 Å². The maximum absolute atomic E-state index is 11.2. The molecule has 0 radical (unpaired) electrons. The molecule has 0 aliphatic heterocycles. The summed E-state index contributed by atoms with van der Waals surface area (Å²) in [5, 5.41) is 0. The molecular formula is C25H46O. The zero-order chi connectivity index (χ0) is 18.6. The van der Waals surface area contributed by atoms with Gasteiger partial charge in [-0.1, -0.05) is 90.9 Å². The average Bonchev–Trinajstić information content (AvgIpc) is 2.65. The van der Waals surface area contributed by atoms with Gasteiger partial charge in [-0.15, -0.1) is 0 Å². The molecule has 152 valence electrons. The summed E-state index contributed by atoms with van der Waals surface area (Å²) in [4.78, 5) is 11.2. The maximum atomic E-state index is 11.2. The molecule has 0 heterocycles. The summed E-state index contributed by atoms with van der Waals surface area (Å²) in [6.45, 7) is 4.92. The van der Waals surface area contributed by atoms with E-state index in [-0.39, 0.29) is 0 Å². The Hall–Kier alpha value is -0.330. The molecule has 0 aromatic rings. The van der Waals surface area contributed by atoms with Crippen LogP contribution in [0.5, 0.6) is 0 Å². The fraction of sp³-hybridized carbons (Fsp3) is 0.960. The fourth-order valence-corrected chi connectivity index (χ4v) is 5.80. The second-order valence-corrected chi connectivity index (χ2v) is 9.91. The van der Waals surface area contributed by atoms with Gasteiger partial charge in [0.15, 0.2) is 0 Å². The van der Waals surface area contributed by atoms with Crippen LogP contribution in [0, 0.1) is 29.6 Å². The predicted molar refractivity (Wildman–Crippen MR) is 113 cm³/mol. The van der Waals surface area contributed by atoms with Gasteiger partial charge in [0.25, 0.3) is 0 Å². The fourth-order valence-electron chi connectivity index (χ4n) is 5.80. The Morgan fingerprint density at radius 2 is 1.27 bits per heavy atom. The number of unbranched alkanes of at least 4 members (excludes halogenated alkanes) is 7. The molecule has 1 heteroatoms.